The molecule has 0 bridgehead atoms. The van der Waals surface area contributed by atoms with Gasteiger partial charge in [0.25, 0.3) is 0 Å². The number of hydrogen-bond donors (Lipinski definition) is 1. The van der Waals surface area contributed by atoms with E-state index in [4.69, 9.17) is 0 Å². The van der Waals surface area contributed by atoms with Gasteiger partial charge in [-0.2, -0.15) is 0 Å². The van der Waals surface area contributed by atoms with Crippen LogP contribution < -0.4 is 5.32 Å². The minimum Gasteiger partial charge on any atom is -0.325 e. The van der Waals surface area contributed by atoms with Crippen molar-refractivity contribution in [2.24, 2.45) is 0 Å². The van der Waals surface area contributed by atoms with Gasteiger partial charge in [-0.05, 0) is 47.2 Å². The van der Waals surface area contributed by atoms with Gasteiger partial charge in [0.05, 0.1) is 11.6 Å². The molecule has 1 aliphatic rings. The van der Waals surface area contributed by atoms with E-state index in [-0.39, 0.29) is 18.4 Å². The number of rotatable bonds is 3. The SMILES string of the molecule is Cc1ccc(NC(=O)CN2CSCC2=O)cc1I. The lowest BCUT2D eigenvalue weighted by Gasteiger charge is -2.14. The second-order valence-electron chi connectivity index (χ2n) is 4.08. The first kappa shape index (κ1) is 13.7. The number of benzene rings is 1. The third kappa shape index (κ3) is 3.38. The van der Waals surface area contributed by atoms with Gasteiger partial charge in [0.2, 0.25) is 11.8 Å². The van der Waals surface area contributed by atoms with Crippen molar-refractivity contribution in [2.75, 3.05) is 23.5 Å². The summed E-state index contributed by atoms with van der Waals surface area (Å²) in [4.78, 5) is 24.7. The van der Waals surface area contributed by atoms with Gasteiger partial charge in [-0.15, -0.1) is 11.8 Å². The highest BCUT2D eigenvalue weighted by Crippen LogP contribution is 2.18. The molecule has 18 heavy (non-hydrogen) atoms. The molecule has 0 radical (unpaired) electrons. The molecule has 1 aromatic carbocycles. The maximum atomic E-state index is 11.8. The van der Waals surface area contributed by atoms with Crippen LogP contribution in [0.4, 0.5) is 5.69 Å². The molecule has 2 rings (SSSR count). The summed E-state index contributed by atoms with van der Waals surface area (Å²) in [6.45, 7) is 2.16. The van der Waals surface area contributed by atoms with E-state index in [0.717, 1.165) is 9.26 Å². The number of carbonyl (C=O) groups excluding carboxylic acids is 2. The van der Waals surface area contributed by atoms with Crippen molar-refractivity contribution in [3.05, 3.63) is 27.3 Å². The number of thioether (sulfide) groups is 1. The van der Waals surface area contributed by atoms with Crippen LogP contribution in [0.3, 0.4) is 0 Å². The molecular weight excluding hydrogens is 363 g/mol. The standard InChI is InChI=1S/C12H13IN2O2S/c1-8-2-3-9(4-10(8)13)14-11(16)5-15-7-18-6-12(15)17/h2-4H,5-7H2,1H3,(H,14,16). The fourth-order valence-corrected chi connectivity index (χ4v) is 3.00. The van der Waals surface area contributed by atoms with Crippen LogP contribution in [-0.2, 0) is 9.59 Å². The predicted molar refractivity (Wildman–Crippen MR) is 81.6 cm³/mol. The monoisotopic (exact) mass is 376 g/mol. The summed E-state index contributed by atoms with van der Waals surface area (Å²) in [5.74, 6) is 0.979. The Morgan fingerprint density at radius 2 is 2.33 bits per heavy atom. The second kappa shape index (κ2) is 5.92. The van der Waals surface area contributed by atoms with Crippen LogP contribution >= 0.6 is 34.4 Å². The molecular formula is C12H13IN2O2S. The van der Waals surface area contributed by atoms with E-state index in [1.807, 2.05) is 25.1 Å². The smallest absolute Gasteiger partial charge is 0.244 e. The molecule has 1 aromatic rings. The summed E-state index contributed by atoms with van der Waals surface area (Å²) in [7, 11) is 0. The molecule has 0 aliphatic carbocycles. The average Bonchev–Trinajstić information content (AvgIpc) is 2.70. The minimum absolute atomic E-state index is 0.0358. The Bertz CT molecular complexity index is 493. The second-order valence-corrected chi connectivity index (χ2v) is 6.20. The zero-order valence-electron chi connectivity index (χ0n) is 9.90. The number of carbonyl (C=O) groups is 2. The van der Waals surface area contributed by atoms with Gasteiger partial charge >= 0.3 is 0 Å². The topological polar surface area (TPSA) is 49.4 Å². The summed E-state index contributed by atoms with van der Waals surface area (Å²) in [6.07, 6.45) is 0. The molecule has 0 unspecified atom stereocenters. The summed E-state index contributed by atoms with van der Waals surface area (Å²) in [6, 6.07) is 5.76. The Morgan fingerprint density at radius 3 is 2.94 bits per heavy atom. The first-order chi connectivity index (χ1) is 8.56. The third-order valence-electron chi connectivity index (χ3n) is 2.62. The highest BCUT2D eigenvalue weighted by atomic mass is 127. The van der Waals surface area contributed by atoms with Crippen LogP contribution in [0.25, 0.3) is 0 Å². The molecule has 1 saturated heterocycles. The summed E-state index contributed by atoms with van der Waals surface area (Å²) in [5.41, 5.74) is 1.95. The van der Waals surface area contributed by atoms with Crippen molar-refractivity contribution < 1.29 is 9.59 Å². The zero-order valence-corrected chi connectivity index (χ0v) is 12.9. The molecule has 1 aliphatic heterocycles. The average molecular weight is 376 g/mol. The number of anilines is 1. The van der Waals surface area contributed by atoms with E-state index >= 15 is 0 Å². The van der Waals surface area contributed by atoms with Crippen LogP contribution in [0.5, 0.6) is 0 Å². The minimum atomic E-state index is -0.148. The highest BCUT2D eigenvalue weighted by molar-refractivity contribution is 14.1. The Kier molecular flexibility index (Phi) is 4.50. The van der Waals surface area contributed by atoms with E-state index in [0.29, 0.717) is 11.6 Å². The first-order valence-electron chi connectivity index (χ1n) is 5.48. The lowest BCUT2D eigenvalue weighted by molar-refractivity contribution is -0.130. The van der Waals surface area contributed by atoms with E-state index in [2.05, 4.69) is 27.9 Å². The van der Waals surface area contributed by atoms with Crippen molar-refractivity contribution in [2.45, 2.75) is 6.92 Å². The Labute approximate surface area is 124 Å². The van der Waals surface area contributed by atoms with Crippen molar-refractivity contribution in [3.8, 4) is 0 Å². The van der Waals surface area contributed by atoms with Gasteiger partial charge < -0.3 is 10.2 Å². The van der Waals surface area contributed by atoms with Gasteiger partial charge in [0.1, 0.15) is 6.54 Å². The molecule has 2 amide bonds. The quantitative estimate of drug-likeness (QED) is 0.822. The molecule has 1 N–H and O–H groups in total. The van der Waals surface area contributed by atoms with Gasteiger partial charge in [0, 0.05) is 9.26 Å². The van der Waals surface area contributed by atoms with Crippen LogP contribution in [-0.4, -0.2) is 34.9 Å². The maximum Gasteiger partial charge on any atom is 0.244 e. The van der Waals surface area contributed by atoms with Gasteiger partial charge in [-0.25, -0.2) is 0 Å². The van der Waals surface area contributed by atoms with E-state index in [9.17, 15) is 9.59 Å². The molecule has 0 atom stereocenters. The van der Waals surface area contributed by atoms with Crippen molar-refractivity contribution >= 4 is 51.9 Å². The number of hydrogen-bond acceptors (Lipinski definition) is 3. The van der Waals surface area contributed by atoms with Crippen LogP contribution in [0.1, 0.15) is 5.56 Å². The maximum absolute atomic E-state index is 11.8. The summed E-state index contributed by atoms with van der Waals surface area (Å²) < 4.78 is 1.11. The predicted octanol–water partition coefficient (Wildman–Crippen LogP) is 2.07. The molecule has 0 aromatic heterocycles. The van der Waals surface area contributed by atoms with E-state index < -0.39 is 0 Å². The fourth-order valence-electron chi connectivity index (χ4n) is 1.58. The molecule has 0 spiro atoms. The molecule has 4 nitrogen and oxygen atoms in total. The third-order valence-corrected chi connectivity index (χ3v) is 4.72. The van der Waals surface area contributed by atoms with Crippen molar-refractivity contribution in [1.29, 1.82) is 0 Å². The molecule has 96 valence electrons. The molecule has 6 heteroatoms. The van der Waals surface area contributed by atoms with E-state index in [1.165, 1.54) is 17.3 Å². The highest BCUT2D eigenvalue weighted by Gasteiger charge is 2.22. The normalized spacial score (nSPS) is 15.0. The molecule has 1 fully saturated rings. The van der Waals surface area contributed by atoms with Crippen LogP contribution in [0.15, 0.2) is 18.2 Å². The number of nitrogens with one attached hydrogen (secondary N) is 1. The van der Waals surface area contributed by atoms with E-state index in [1.54, 1.807) is 4.90 Å². The Balaban J connectivity index is 1.94. The lowest BCUT2D eigenvalue weighted by Crippen LogP contribution is -2.34. The zero-order chi connectivity index (χ0) is 13.1. The Morgan fingerprint density at radius 1 is 1.56 bits per heavy atom. The first-order valence-corrected chi connectivity index (χ1v) is 7.71. The number of aryl methyl sites for hydroxylation is 1. The summed E-state index contributed by atoms with van der Waals surface area (Å²) >= 11 is 3.77. The number of halogens is 1. The largest absolute Gasteiger partial charge is 0.325 e. The summed E-state index contributed by atoms with van der Waals surface area (Å²) in [5, 5.41) is 2.81. The van der Waals surface area contributed by atoms with Gasteiger partial charge in [-0.1, -0.05) is 6.07 Å². The van der Waals surface area contributed by atoms with Gasteiger partial charge in [-0.3, -0.25) is 9.59 Å². The van der Waals surface area contributed by atoms with Crippen molar-refractivity contribution in [3.63, 3.8) is 0 Å². The van der Waals surface area contributed by atoms with Gasteiger partial charge in [0.15, 0.2) is 0 Å². The van der Waals surface area contributed by atoms with Crippen LogP contribution in [0.2, 0.25) is 0 Å². The number of amides is 2. The Hall–Kier alpha value is -0.760. The fraction of sp³-hybridized carbons (Fsp3) is 0.333. The number of nitrogens with zero attached hydrogens (tertiary/aromatic N) is 1. The molecule has 1 heterocycles. The van der Waals surface area contributed by atoms with Crippen LogP contribution in [0, 0.1) is 10.5 Å². The molecule has 0 saturated carbocycles. The van der Waals surface area contributed by atoms with Crippen molar-refractivity contribution in [1.82, 2.24) is 4.90 Å². The lowest BCUT2D eigenvalue weighted by atomic mass is 10.2.